The Hall–Kier alpha value is -2.32. The zero-order valence-corrected chi connectivity index (χ0v) is 18.2. The molecule has 30 heavy (non-hydrogen) atoms. The number of fused-ring (bicyclic) bond motifs is 1. The molecule has 6 nitrogen and oxygen atoms in total. The van der Waals surface area contributed by atoms with E-state index in [0.29, 0.717) is 18.7 Å². The summed E-state index contributed by atoms with van der Waals surface area (Å²) in [5, 5.41) is 0.820. The van der Waals surface area contributed by atoms with E-state index in [0.717, 1.165) is 29.6 Å². The third-order valence-corrected chi connectivity index (χ3v) is 6.96. The van der Waals surface area contributed by atoms with E-state index in [1.807, 2.05) is 32.0 Å². The largest absolute Gasteiger partial charge is 0.379 e. The second kappa shape index (κ2) is 8.81. The van der Waals surface area contributed by atoms with Crippen LogP contribution in [0.15, 0.2) is 59.6 Å². The van der Waals surface area contributed by atoms with Gasteiger partial charge in [0.15, 0.2) is 0 Å². The molecule has 2 aromatic carbocycles. The first-order valence-electron chi connectivity index (χ1n) is 10.2. The second-order valence-corrected chi connectivity index (χ2v) is 9.50. The average molecular weight is 426 g/mol. The number of ether oxygens (including phenoxy) is 1. The van der Waals surface area contributed by atoms with Crippen LogP contribution in [0.2, 0.25) is 0 Å². The summed E-state index contributed by atoms with van der Waals surface area (Å²) in [5.74, 6) is 0. The van der Waals surface area contributed by atoms with E-state index in [9.17, 15) is 8.42 Å². The lowest BCUT2D eigenvalue weighted by Gasteiger charge is -2.35. The number of nitrogens with one attached hydrogen (secondary N) is 1. The van der Waals surface area contributed by atoms with Crippen LogP contribution in [0, 0.1) is 13.8 Å². The summed E-state index contributed by atoms with van der Waals surface area (Å²) < 4.78 is 34.9. The van der Waals surface area contributed by atoms with Crippen molar-refractivity contribution >= 4 is 20.9 Å². The molecule has 1 fully saturated rings. The quantitative estimate of drug-likeness (QED) is 0.657. The highest BCUT2D eigenvalue weighted by atomic mass is 32.2. The summed E-state index contributed by atoms with van der Waals surface area (Å²) in [6.07, 6.45) is 1.62. The summed E-state index contributed by atoms with van der Waals surface area (Å²) in [4.78, 5) is 6.83. The monoisotopic (exact) mass is 425 g/mol. The van der Waals surface area contributed by atoms with Gasteiger partial charge in [-0.25, -0.2) is 13.1 Å². The van der Waals surface area contributed by atoms with Gasteiger partial charge in [0, 0.05) is 37.3 Å². The van der Waals surface area contributed by atoms with Crippen molar-refractivity contribution in [3.8, 4) is 0 Å². The normalized spacial score (nSPS) is 16.6. The molecule has 1 atom stereocenters. The molecule has 1 N–H and O–H groups in total. The maximum absolute atomic E-state index is 13.3. The van der Waals surface area contributed by atoms with Gasteiger partial charge < -0.3 is 4.74 Å². The molecule has 0 spiro atoms. The molecule has 1 unspecified atom stereocenters. The van der Waals surface area contributed by atoms with Crippen LogP contribution in [-0.2, 0) is 14.8 Å². The predicted octanol–water partition coefficient (Wildman–Crippen LogP) is 3.20. The maximum Gasteiger partial charge on any atom is 0.242 e. The van der Waals surface area contributed by atoms with E-state index < -0.39 is 10.0 Å². The maximum atomic E-state index is 13.3. The molecule has 0 radical (unpaired) electrons. The number of benzene rings is 2. The van der Waals surface area contributed by atoms with Crippen molar-refractivity contribution in [1.29, 1.82) is 0 Å². The molecule has 4 rings (SSSR count). The smallest absolute Gasteiger partial charge is 0.242 e. The molecule has 2 heterocycles. The van der Waals surface area contributed by atoms with Crippen LogP contribution in [0.1, 0.15) is 22.7 Å². The molecule has 0 bridgehead atoms. The summed E-state index contributed by atoms with van der Waals surface area (Å²) in [5.41, 5.74) is 3.66. The minimum atomic E-state index is -3.73. The summed E-state index contributed by atoms with van der Waals surface area (Å²) >= 11 is 0. The first-order chi connectivity index (χ1) is 14.4. The topological polar surface area (TPSA) is 71.5 Å². The highest BCUT2D eigenvalue weighted by Crippen LogP contribution is 2.25. The lowest BCUT2D eigenvalue weighted by atomic mass is 10.0. The molecule has 3 aromatic rings. The van der Waals surface area contributed by atoms with Gasteiger partial charge in [-0.05, 0) is 43.2 Å². The Balaban J connectivity index is 1.63. The Kier molecular flexibility index (Phi) is 6.15. The molecule has 0 amide bonds. The Morgan fingerprint density at radius 3 is 2.53 bits per heavy atom. The van der Waals surface area contributed by atoms with Gasteiger partial charge in [-0.15, -0.1) is 0 Å². The van der Waals surface area contributed by atoms with Crippen molar-refractivity contribution in [3.05, 3.63) is 71.4 Å². The Labute approximate surface area is 177 Å². The lowest BCUT2D eigenvalue weighted by Crippen LogP contribution is -2.43. The van der Waals surface area contributed by atoms with Gasteiger partial charge in [-0.3, -0.25) is 9.88 Å². The fraction of sp³-hybridized carbons (Fsp3) is 0.348. The molecule has 1 aliphatic rings. The van der Waals surface area contributed by atoms with Crippen molar-refractivity contribution in [1.82, 2.24) is 14.6 Å². The summed E-state index contributed by atoms with van der Waals surface area (Å²) in [6.45, 7) is 7.08. The van der Waals surface area contributed by atoms with Crippen LogP contribution in [0.25, 0.3) is 10.9 Å². The number of morpholine rings is 1. The van der Waals surface area contributed by atoms with Crippen LogP contribution >= 0.6 is 0 Å². The van der Waals surface area contributed by atoms with Crippen molar-refractivity contribution in [2.45, 2.75) is 24.8 Å². The van der Waals surface area contributed by atoms with Gasteiger partial charge >= 0.3 is 0 Å². The number of rotatable bonds is 6. The highest BCUT2D eigenvalue weighted by Gasteiger charge is 2.26. The van der Waals surface area contributed by atoms with E-state index in [4.69, 9.17) is 4.74 Å². The third kappa shape index (κ3) is 4.54. The summed E-state index contributed by atoms with van der Waals surface area (Å²) in [7, 11) is -3.73. The highest BCUT2D eigenvalue weighted by molar-refractivity contribution is 7.89. The first-order valence-corrected chi connectivity index (χ1v) is 11.7. The first kappa shape index (κ1) is 20.9. The zero-order chi connectivity index (χ0) is 21.1. The molecular weight excluding hydrogens is 398 g/mol. The van der Waals surface area contributed by atoms with Crippen LogP contribution < -0.4 is 4.72 Å². The number of aromatic nitrogens is 1. The number of sulfonamides is 1. The SMILES string of the molecule is Cc1ccc(C(CNS(=O)(=O)c2cc(C)cc3cccnc23)N2CCOCC2)cc1. The van der Waals surface area contributed by atoms with Gasteiger partial charge in [0.05, 0.1) is 18.7 Å². The van der Waals surface area contributed by atoms with Crippen molar-refractivity contribution in [3.63, 3.8) is 0 Å². The Morgan fingerprint density at radius 1 is 1.07 bits per heavy atom. The van der Waals surface area contributed by atoms with E-state index in [1.165, 1.54) is 5.56 Å². The zero-order valence-electron chi connectivity index (χ0n) is 17.3. The molecule has 1 saturated heterocycles. The van der Waals surface area contributed by atoms with E-state index in [-0.39, 0.29) is 17.5 Å². The number of hydrogen-bond donors (Lipinski definition) is 1. The van der Waals surface area contributed by atoms with Crippen LogP contribution in [-0.4, -0.2) is 51.1 Å². The van der Waals surface area contributed by atoms with Crippen molar-refractivity contribution in [2.75, 3.05) is 32.8 Å². The standard InChI is InChI=1S/C23H27N3O3S/c1-17-5-7-19(8-6-17)21(26-10-12-29-13-11-26)16-25-30(27,28)22-15-18(2)14-20-4-3-9-24-23(20)22/h3-9,14-15,21,25H,10-13,16H2,1-2H3. The van der Waals surface area contributed by atoms with Gasteiger partial charge in [0.25, 0.3) is 0 Å². The third-order valence-electron chi connectivity index (χ3n) is 5.52. The van der Waals surface area contributed by atoms with Crippen molar-refractivity contribution < 1.29 is 13.2 Å². The minimum Gasteiger partial charge on any atom is -0.379 e. The minimum absolute atomic E-state index is 0.0618. The van der Waals surface area contributed by atoms with E-state index in [2.05, 4.69) is 38.9 Å². The van der Waals surface area contributed by atoms with Crippen LogP contribution in [0.3, 0.4) is 0 Å². The van der Waals surface area contributed by atoms with Gasteiger partial charge in [-0.2, -0.15) is 0 Å². The fourth-order valence-electron chi connectivity index (χ4n) is 3.91. The molecule has 158 valence electrons. The number of aryl methyl sites for hydroxylation is 2. The molecule has 1 aromatic heterocycles. The molecule has 0 aliphatic carbocycles. The summed E-state index contributed by atoms with van der Waals surface area (Å²) in [6, 6.07) is 15.6. The number of pyridine rings is 1. The Morgan fingerprint density at radius 2 is 1.80 bits per heavy atom. The van der Waals surface area contributed by atoms with Crippen molar-refractivity contribution in [2.24, 2.45) is 0 Å². The van der Waals surface area contributed by atoms with Crippen LogP contribution in [0.4, 0.5) is 0 Å². The molecule has 1 aliphatic heterocycles. The molecule has 7 heteroatoms. The average Bonchev–Trinajstić information content (AvgIpc) is 2.75. The van der Waals surface area contributed by atoms with E-state index >= 15 is 0 Å². The van der Waals surface area contributed by atoms with Gasteiger partial charge in [-0.1, -0.05) is 35.9 Å². The van der Waals surface area contributed by atoms with E-state index in [1.54, 1.807) is 12.3 Å². The van der Waals surface area contributed by atoms with Gasteiger partial charge in [0.2, 0.25) is 10.0 Å². The predicted molar refractivity (Wildman–Crippen MR) is 118 cm³/mol. The van der Waals surface area contributed by atoms with Gasteiger partial charge in [0.1, 0.15) is 4.90 Å². The Bertz CT molecular complexity index is 1120. The number of hydrogen-bond acceptors (Lipinski definition) is 5. The molecule has 0 saturated carbocycles. The second-order valence-electron chi connectivity index (χ2n) is 7.76. The van der Waals surface area contributed by atoms with Crippen LogP contribution in [0.5, 0.6) is 0 Å². The lowest BCUT2D eigenvalue weighted by molar-refractivity contribution is 0.0172. The number of nitrogens with zero attached hydrogens (tertiary/aromatic N) is 2. The molecular formula is C23H27N3O3S. The fourth-order valence-corrected chi connectivity index (χ4v) is 5.21.